The third kappa shape index (κ3) is 5.71. The molecule has 12 heteroatoms. The number of benzene rings is 2. The third-order valence-electron chi connectivity index (χ3n) is 4.75. The highest BCUT2D eigenvalue weighted by molar-refractivity contribution is 5.92. The number of ether oxygens (including phenoxy) is 2. The van der Waals surface area contributed by atoms with Crippen LogP contribution >= 0.6 is 0 Å². The Morgan fingerprint density at radius 3 is 2.21 bits per heavy atom. The summed E-state index contributed by atoms with van der Waals surface area (Å²) in [5.74, 6) is -0.0856. The fourth-order valence-electron chi connectivity index (χ4n) is 3.20. The molecule has 1 saturated heterocycles. The van der Waals surface area contributed by atoms with Gasteiger partial charge in [-0.25, -0.2) is 9.97 Å². The number of rotatable bonds is 7. The van der Waals surface area contributed by atoms with Crippen LogP contribution in [0, 0.1) is 0 Å². The molecular formula is C22H18F3N5O4. The zero-order valence-electron chi connectivity index (χ0n) is 17.4. The number of nitrogens with one attached hydrogen (secondary N) is 2. The molecule has 2 amide bonds. The van der Waals surface area contributed by atoms with Gasteiger partial charge in [0.2, 0.25) is 5.91 Å². The molecule has 2 aromatic carbocycles. The Kier molecular flexibility index (Phi) is 6.21. The average molecular weight is 473 g/mol. The molecular weight excluding hydrogens is 455 g/mol. The quantitative estimate of drug-likeness (QED) is 0.481. The number of anilines is 1. The molecule has 1 aliphatic heterocycles. The van der Waals surface area contributed by atoms with Gasteiger partial charge in [0.05, 0.1) is 0 Å². The van der Waals surface area contributed by atoms with E-state index in [4.69, 9.17) is 10.5 Å². The number of carbonyl (C=O) groups excluding carboxylic acids is 2. The number of amides is 2. The predicted molar refractivity (Wildman–Crippen MR) is 114 cm³/mol. The van der Waals surface area contributed by atoms with Gasteiger partial charge in [0, 0.05) is 18.2 Å². The lowest BCUT2D eigenvalue weighted by Gasteiger charge is -2.13. The van der Waals surface area contributed by atoms with Crippen LogP contribution in [0.5, 0.6) is 17.2 Å². The number of halogens is 3. The van der Waals surface area contributed by atoms with Crippen LogP contribution in [-0.4, -0.2) is 40.7 Å². The summed E-state index contributed by atoms with van der Waals surface area (Å²) in [4.78, 5) is 32.1. The van der Waals surface area contributed by atoms with Crippen molar-refractivity contribution in [2.45, 2.75) is 18.8 Å². The lowest BCUT2D eigenvalue weighted by molar-refractivity contribution is -0.274. The minimum absolute atomic E-state index is 0.0209. The molecule has 34 heavy (non-hydrogen) atoms. The fraction of sp³-hybridized carbons (Fsp3) is 0.182. The highest BCUT2D eigenvalue weighted by Gasteiger charge is 2.31. The number of alkyl halides is 3. The van der Waals surface area contributed by atoms with Crippen molar-refractivity contribution in [3.63, 3.8) is 0 Å². The summed E-state index contributed by atoms with van der Waals surface area (Å²) in [5, 5.41) is 5.69. The van der Waals surface area contributed by atoms with E-state index in [0.717, 1.165) is 12.1 Å². The number of aromatic nitrogens is 2. The highest BCUT2D eigenvalue weighted by atomic mass is 19.4. The van der Waals surface area contributed by atoms with E-state index in [-0.39, 0.29) is 29.0 Å². The molecule has 1 atom stereocenters. The molecule has 9 nitrogen and oxygen atoms in total. The molecule has 0 radical (unpaired) electrons. The van der Waals surface area contributed by atoms with Crippen LogP contribution in [0.3, 0.4) is 0 Å². The summed E-state index contributed by atoms with van der Waals surface area (Å²) < 4.78 is 46.3. The van der Waals surface area contributed by atoms with E-state index in [9.17, 15) is 22.8 Å². The van der Waals surface area contributed by atoms with E-state index in [0.29, 0.717) is 30.0 Å². The van der Waals surface area contributed by atoms with Crippen molar-refractivity contribution >= 4 is 17.6 Å². The zero-order valence-corrected chi connectivity index (χ0v) is 17.4. The van der Waals surface area contributed by atoms with E-state index in [1.165, 1.54) is 18.2 Å². The van der Waals surface area contributed by atoms with Gasteiger partial charge < -0.3 is 25.8 Å². The van der Waals surface area contributed by atoms with E-state index in [2.05, 4.69) is 25.3 Å². The normalized spacial score (nSPS) is 15.5. The third-order valence-corrected chi connectivity index (χ3v) is 4.75. The smallest absolute Gasteiger partial charge is 0.457 e. The van der Waals surface area contributed by atoms with Gasteiger partial charge in [-0.05, 0) is 55.0 Å². The van der Waals surface area contributed by atoms with E-state index in [1.54, 1.807) is 24.3 Å². The van der Waals surface area contributed by atoms with Crippen LogP contribution in [0.15, 0.2) is 54.6 Å². The Morgan fingerprint density at radius 2 is 1.65 bits per heavy atom. The largest absolute Gasteiger partial charge is 0.573 e. The number of primary amides is 1. The summed E-state index contributed by atoms with van der Waals surface area (Å²) >= 11 is 0. The Labute approximate surface area is 191 Å². The van der Waals surface area contributed by atoms with Gasteiger partial charge in [-0.1, -0.05) is 0 Å². The summed E-state index contributed by atoms with van der Waals surface area (Å²) in [6, 6.07) is 12.3. The van der Waals surface area contributed by atoms with Crippen molar-refractivity contribution in [1.29, 1.82) is 0 Å². The molecule has 2 heterocycles. The summed E-state index contributed by atoms with van der Waals surface area (Å²) in [5.41, 5.74) is 5.92. The molecule has 0 aliphatic carbocycles. The Balaban J connectivity index is 1.50. The molecule has 1 aliphatic rings. The Morgan fingerprint density at radius 1 is 1.03 bits per heavy atom. The number of nitrogens with zero attached hydrogens (tertiary/aromatic N) is 2. The van der Waals surface area contributed by atoms with Gasteiger partial charge in [0.15, 0.2) is 5.82 Å². The van der Waals surface area contributed by atoms with E-state index >= 15 is 0 Å². The van der Waals surface area contributed by atoms with Crippen LogP contribution in [0.25, 0.3) is 11.4 Å². The second kappa shape index (κ2) is 9.25. The van der Waals surface area contributed by atoms with Gasteiger partial charge >= 0.3 is 6.36 Å². The van der Waals surface area contributed by atoms with Crippen molar-refractivity contribution in [2.24, 2.45) is 5.73 Å². The number of nitrogens with two attached hydrogens (primary N) is 1. The molecule has 3 aromatic rings. The van der Waals surface area contributed by atoms with Crippen molar-refractivity contribution in [1.82, 2.24) is 15.3 Å². The van der Waals surface area contributed by atoms with E-state index in [1.807, 2.05) is 0 Å². The summed E-state index contributed by atoms with van der Waals surface area (Å²) in [6.07, 6.45) is -4.20. The van der Waals surface area contributed by atoms with Gasteiger partial charge in [0.25, 0.3) is 5.91 Å². The van der Waals surface area contributed by atoms with Crippen molar-refractivity contribution < 1.29 is 32.2 Å². The summed E-state index contributed by atoms with van der Waals surface area (Å²) in [6.45, 7) is 0.538. The fourth-order valence-corrected chi connectivity index (χ4v) is 3.20. The van der Waals surface area contributed by atoms with Crippen LogP contribution in [0.4, 0.5) is 19.0 Å². The molecule has 4 N–H and O–H groups in total. The maximum absolute atomic E-state index is 12.3. The van der Waals surface area contributed by atoms with Gasteiger partial charge in [0.1, 0.15) is 34.8 Å². The molecule has 1 aromatic heterocycles. The first-order chi connectivity index (χ1) is 16.2. The first kappa shape index (κ1) is 22.8. The molecule has 176 valence electrons. The second-order valence-electron chi connectivity index (χ2n) is 7.25. The van der Waals surface area contributed by atoms with Gasteiger partial charge in [-0.2, -0.15) is 0 Å². The Bertz CT molecular complexity index is 1200. The zero-order chi connectivity index (χ0) is 24.3. The first-order valence-corrected chi connectivity index (χ1v) is 10.0. The van der Waals surface area contributed by atoms with Crippen LogP contribution in [0.1, 0.15) is 16.9 Å². The lowest BCUT2D eigenvalue weighted by atomic mass is 10.2. The highest BCUT2D eigenvalue weighted by Crippen LogP contribution is 2.28. The number of hydrogen-bond acceptors (Lipinski definition) is 7. The van der Waals surface area contributed by atoms with Gasteiger partial charge in [-0.3, -0.25) is 9.59 Å². The topological polar surface area (TPSA) is 128 Å². The minimum atomic E-state index is -4.77. The van der Waals surface area contributed by atoms with Crippen LogP contribution in [-0.2, 0) is 4.79 Å². The maximum atomic E-state index is 12.3. The molecule has 1 fully saturated rings. The van der Waals surface area contributed by atoms with Crippen LogP contribution in [0.2, 0.25) is 0 Å². The number of hydrogen-bond donors (Lipinski definition) is 3. The lowest BCUT2D eigenvalue weighted by Crippen LogP contribution is -2.30. The molecule has 0 saturated carbocycles. The molecule has 4 rings (SSSR count). The van der Waals surface area contributed by atoms with E-state index < -0.39 is 18.3 Å². The Hall–Kier alpha value is -4.35. The first-order valence-electron chi connectivity index (χ1n) is 10.0. The standard InChI is InChI=1S/C22H18F3N5O4/c23-22(24,25)34-15-7-5-14(6-8-15)33-13-3-1-12(2-4-13)20-29-17(19(26)31)11-18(30-20)28-16-9-10-27-21(16)32/h1-8,11,16H,9-10H2,(H2,26,31)(H,27,32)(H,28,29,30)/t16-/m0/s1. The van der Waals surface area contributed by atoms with Gasteiger partial charge in [-0.15, -0.1) is 13.2 Å². The molecule has 0 spiro atoms. The average Bonchev–Trinajstić information content (AvgIpc) is 3.18. The van der Waals surface area contributed by atoms with Crippen LogP contribution < -0.4 is 25.8 Å². The molecule has 0 unspecified atom stereocenters. The van der Waals surface area contributed by atoms with Crippen molar-refractivity contribution in [2.75, 3.05) is 11.9 Å². The number of carbonyl (C=O) groups is 2. The second-order valence-corrected chi connectivity index (χ2v) is 7.25. The maximum Gasteiger partial charge on any atom is 0.573 e. The summed E-state index contributed by atoms with van der Waals surface area (Å²) in [7, 11) is 0. The van der Waals surface area contributed by atoms with Crippen molar-refractivity contribution in [3.05, 3.63) is 60.3 Å². The SMILES string of the molecule is NC(=O)c1cc(N[C@H]2CCNC2=O)nc(-c2ccc(Oc3ccc(OC(F)(F)F)cc3)cc2)n1. The predicted octanol–water partition coefficient (Wildman–Crippen LogP) is 3.23. The molecule has 0 bridgehead atoms. The minimum Gasteiger partial charge on any atom is -0.457 e. The monoisotopic (exact) mass is 473 g/mol. The van der Waals surface area contributed by atoms with Crippen molar-refractivity contribution in [3.8, 4) is 28.6 Å².